The van der Waals surface area contributed by atoms with Gasteiger partial charge in [-0.25, -0.2) is 4.57 Å². The maximum absolute atomic E-state index is 12.7. The molecule has 8 nitrogen and oxygen atoms in total. The van der Waals surface area contributed by atoms with E-state index in [-0.39, 0.29) is 32.3 Å². The molecule has 0 fully saturated rings. The van der Waals surface area contributed by atoms with Gasteiger partial charge in [0, 0.05) is 19.6 Å². The summed E-state index contributed by atoms with van der Waals surface area (Å²) in [7, 11) is -4.29. The molecule has 0 aromatic carbocycles. The van der Waals surface area contributed by atoms with E-state index in [0.717, 1.165) is 70.6 Å². The van der Waals surface area contributed by atoms with E-state index < -0.39 is 13.9 Å². The van der Waals surface area contributed by atoms with Crippen molar-refractivity contribution in [2.75, 3.05) is 33.0 Å². The first-order chi connectivity index (χ1) is 32.4. The first-order valence-electron chi connectivity index (χ1n) is 27.1. The molecule has 0 aliphatic rings. The number of phosphoric acid groups is 1. The number of unbranched alkanes of at least 4 members (excludes halogenated alkanes) is 24. The monoisotopic (exact) mass is 944 g/mol. The van der Waals surface area contributed by atoms with Crippen LogP contribution in [0.3, 0.4) is 0 Å². The molecule has 0 saturated heterocycles. The van der Waals surface area contributed by atoms with Crippen molar-refractivity contribution >= 4 is 13.8 Å². The van der Waals surface area contributed by atoms with Crippen LogP contribution in [0, 0.1) is 0 Å². The van der Waals surface area contributed by atoms with Crippen molar-refractivity contribution in [2.45, 2.75) is 238 Å². The fourth-order valence-electron chi connectivity index (χ4n) is 7.35. The predicted molar refractivity (Wildman–Crippen MR) is 284 cm³/mol. The van der Waals surface area contributed by atoms with Crippen LogP contribution in [0.5, 0.6) is 0 Å². The Morgan fingerprint density at radius 1 is 0.470 bits per heavy atom. The van der Waals surface area contributed by atoms with Gasteiger partial charge in [-0.15, -0.1) is 0 Å². The summed E-state index contributed by atoms with van der Waals surface area (Å²) < 4.78 is 33.6. The third-order valence-electron chi connectivity index (χ3n) is 11.3. The van der Waals surface area contributed by atoms with Crippen LogP contribution < -0.4 is 5.73 Å². The Labute approximate surface area is 407 Å². The Bertz CT molecular complexity index is 1290. The second kappa shape index (κ2) is 53.6. The lowest BCUT2D eigenvalue weighted by molar-refractivity contribution is -0.154. The van der Waals surface area contributed by atoms with Crippen LogP contribution in [0.15, 0.2) is 85.1 Å². The lowest BCUT2D eigenvalue weighted by Gasteiger charge is -2.20. The minimum absolute atomic E-state index is 0.0948. The number of allylic oxidation sites excluding steroid dienone is 14. The highest BCUT2D eigenvalue weighted by atomic mass is 31.2. The Balaban J connectivity index is 3.96. The van der Waals surface area contributed by atoms with Gasteiger partial charge in [-0.1, -0.05) is 221 Å². The minimum atomic E-state index is -4.29. The number of hydrogen-bond donors (Lipinski definition) is 2. The summed E-state index contributed by atoms with van der Waals surface area (Å²) in [6.45, 7) is 4.79. The smallest absolute Gasteiger partial charge is 0.457 e. The minimum Gasteiger partial charge on any atom is -0.457 e. The van der Waals surface area contributed by atoms with Gasteiger partial charge in [0.05, 0.1) is 19.8 Å². The SMILES string of the molecule is CC/C=C\C/C=C\C/C=C\C/C=C\CCCCCCCCCCCCC(=O)OC(COCCCCCCCCCCC/C=C\C/C=C\C/C=C\CCCCCCC)COP(=O)(O)OCCN. The number of rotatable bonds is 51. The van der Waals surface area contributed by atoms with Gasteiger partial charge >= 0.3 is 13.8 Å². The van der Waals surface area contributed by atoms with Gasteiger partial charge < -0.3 is 20.1 Å². The molecule has 2 atom stereocenters. The Morgan fingerprint density at radius 3 is 1.27 bits per heavy atom. The van der Waals surface area contributed by atoms with E-state index in [1.807, 2.05) is 0 Å². The standard InChI is InChI=1S/C57H102NO7P/c1-3-5-7-9-11-13-15-17-19-21-23-25-27-29-31-33-35-37-39-41-43-45-47-49-52-62-54-56(55-64-66(60,61)63-53-51-58)65-57(59)50-48-46-44-42-40-38-36-34-32-30-28-26-24-22-20-18-16-14-12-10-8-6-4-2/h6,8,12,14-15,17-18,20-21,23-24,26-27,29,56H,3-5,7,9-11,13,16,19,22,25,28,30-55,58H2,1-2H3,(H,60,61)/b8-6-,14-12-,17-15-,20-18-,23-21-,26-24-,29-27-. The van der Waals surface area contributed by atoms with Crippen LogP contribution in [0.1, 0.15) is 232 Å². The molecular weight excluding hydrogens is 842 g/mol. The highest BCUT2D eigenvalue weighted by Crippen LogP contribution is 2.43. The Morgan fingerprint density at radius 2 is 0.848 bits per heavy atom. The van der Waals surface area contributed by atoms with Crippen molar-refractivity contribution < 1.29 is 32.8 Å². The summed E-state index contributed by atoms with van der Waals surface area (Å²) in [6, 6.07) is 0. The average Bonchev–Trinajstić information content (AvgIpc) is 3.31. The number of esters is 1. The van der Waals surface area contributed by atoms with Crippen LogP contribution in [-0.4, -0.2) is 49.9 Å². The van der Waals surface area contributed by atoms with Gasteiger partial charge in [0.15, 0.2) is 0 Å². The molecule has 0 aliphatic carbocycles. The second-order valence-corrected chi connectivity index (χ2v) is 19.2. The van der Waals surface area contributed by atoms with E-state index in [1.54, 1.807) is 0 Å². The third-order valence-corrected chi connectivity index (χ3v) is 12.3. The number of nitrogens with two attached hydrogens (primary N) is 1. The maximum Gasteiger partial charge on any atom is 0.472 e. The molecule has 3 N–H and O–H groups in total. The van der Waals surface area contributed by atoms with Crippen molar-refractivity contribution in [1.82, 2.24) is 0 Å². The number of carbonyl (C=O) groups excluding carboxylic acids is 1. The van der Waals surface area contributed by atoms with E-state index in [2.05, 4.69) is 98.9 Å². The topological polar surface area (TPSA) is 117 Å². The van der Waals surface area contributed by atoms with E-state index in [1.165, 1.54) is 141 Å². The second-order valence-electron chi connectivity index (χ2n) is 17.7. The molecule has 0 saturated carbocycles. The fourth-order valence-corrected chi connectivity index (χ4v) is 8.11. The van der Waals surface area contributed by atoms with Crippen molar-refractivity contribution in [1.29, 1.82) is 0 Å². The number of hydrogen-bond acceptors (Lipinski definition) is 7. The molecule has 66 heavy (non-hydrogen) atoms. The van der Waals surface area contributed by atoms with E-state index in [0.29, 0.717) is 13.0 Å². The first kappa shape index (κ1) is 63.7. The normalized spacial score (nSPS) is 13.9. The van der Waals surface area contributed by atoms with Crippen LogP contribution in [0.25, 0.3) is 0 Å². The van der Waals surface area contributed by atoms with E-state index in [4.69, 9.17) is 24.3 Å². The molecular formula is C57H102NO7P. The largest absolute Gasteiger partial charge is 0.472 e. The molecule has 0 aromatic heterocycles. The highest BCUT2D eigenvalue weighted by Gasteiger charge is 2.25. The van der Waals surface area contributed by atoms with Gasteiger partial charge in [0.25, 0.3) is 0 Å². The quantitative estimate of drug-likeness (QED) is 0.0268. The molecule has 9 heteroatoms. The Hall–Kier alpha value is -2.32. The summed E-state index contributed by atoms with van der Waals surface area (Å²) in [5.41, 5.74) is 5.40. The van der Waals surface area contributed by atoms with Gasteiger partial charge in [-0.05, 0) is 89.9 Å². The zero-order chi connectivity index (χ0) is 48.0. The van der Waals surface area contributed by atoms with E-state index >= 15 is 0 Å². The summed E-state index contributed by atoms with van der Waals surface area (Å²) in [4.78, 5) is 22.6. The van der Waals surface area contributed by atoms with Crippen molar-refractivity contribution in [3.8, 4) is 0 Å². The van der Waals surface area contributed by atoms with Crippen molar-refractivity contribution in [2.24, 2.45) is 5.73 Å². The van der Waals surface area contributed by atoms with Crippen LogP contribution in [0.2, 0.25) is 0 Å². The molecule has 382 valence electrons. The number of ether oxygens (including phenoxy) is 2. The highest BCUT2D eigenvalue weighted by molar-refractivity contribution is 7.47. The maximum atomic E-state index is 12.7. The van der Waals surface area contributed by atoms with Gasteiger partial charge in [0.2, 0.25) is 0 Å². The van der Waals surface area contributed by atoms with Gasteiger partial charge in [-0.3, -0.25) is 13.8 Å². The fraction of sp³-hybridized carbons (Fsp3) is 0.737. The zero-order valence-electron chi connectivity index (χ0n) is 42.7. The molecule has 0 radical (unpaired) electrons. The molecule has 0 aliphatic heterocycles. The molecule has 0 heterocycles. The molecule has 0 rings (SSSR count). The van der Waals surface area contributed by atoms with Gasteiger partial charge in [-0.2, -0.15) is 0 Å². The number of carbonyl (C=O) groups is 1. The van der Waals surface area contributed by atoms with Crippen molar-refractivity contribution in [3.05, 3.63) is 85.1 Å². The average molecular weight is 944 g/mol. The lowest BCUT2D eigenvalue weighted by atomic mass is 10.0. The van der Waals surface area contributed by atoms with E-state index in [9.17, 15) is 14.3 Å². The predicted octanol–water partition coefficient (Wildman–Crippen LogP) is 17.2. The summed E-state index contributed by atoms with van der Waals surface area (Å²) in [5, 5.41) is 0. The van der Waals surface area contributed by atoms with Crippen LogP contribution in [-0.2, 0) is 27.9 Å². The van der Waals surface area contributed by atoms with Gasteiger partial charge in [0.1, 0.15) is 6.10 Å². The molecule has 0 spiro atoms. The summed E-state index contributed by atoms with van der Waals surface area (Å²) in [5.74, 6) is -0.338. The zero-order valence-corrected chi connectivity index (χ0v) is 43.6. The Kier molecular flexibility index (Phi) is 51.7. The summed E-state index contributed by atoms with van der Waals surface area (Å²) >= 11 is 0. The third kappa shape index (κ3) is 52.6. The molecule has 2 unspecified atom stereocenters. The van der Waals surface area contributed by atoms with Crippen LogP contribution >= 0.6 is 7.82 Å². The van der Waals surface area contributed by atoms with Crippen molar-refractivity contribution in [3.63, 3.8) is 0 Å². The number of phosphoric ester groups is 1. The van der Waals surface area contributed by atoms with Crippen LogP contribution in [0.4, 0.5) is 0 Å². The lowest BCUT2D eigenvalue weighted by Crippen LogP contribution is -2.28. The molecule has 0 aromatic rings. The first-order valence-corrected chi connectivity index (χ1v) is 28.6. The molecule has 0 bridgehead atoms. The molecule has 0 amide bonds. The summed E-state index contributed by atoms with van der Waals surface area (Å²) in [6.07, 6.45) is 70.5.